The van der Waals surface area contributed by atoms with E-state index in [4.69, 9.17) is 0 Å². The fraction of sp³-hybridized carbons (Fsp3) is 0.438. The van der Waals surface area contributed by atoms with Gasteiger partial charge in [-0.3, -0.25) is 0 Å². The molecule has 1 rings (SSSR count). The first-order chi connectivity index (χ1) is 9.49. The summed E-state index contributed by atoms with van der Waals surface area (Å²) >= 11 is 0. The zero-order valence-corrected chi connectivity index (χ0v) is 12.8. The van der Waals surface area contributed by atoms with Gasteiger partial charge in [0.15, 0.2) is 0 Å². The fourth-order valence-electron chi connectivity index (χ4n) is 1.91. The topological polar surface area (TPSA) is 35.6 Å². The van der Waals surface area contributed by atoms with E-state index in [-0.39, 0.29) is 12.1 Å². The maximum Gasteiger partial charge on any atom is 0.317 e. The lowest BCUT2D eigenvalue weighted by Gasteiger charge is -2.22. The summed E-state index contributed by atoms with van der Waals surface area (Å²) < 4.78 is 0. The molecule has 0 radical (unpaired) electrons. The van der Waals surface area contributed by atoms with Crippen LogP contribution in [0.25, 0.3) is 6.08 Å². The number of carbonyl (C=O) groups is 1. The molecule has 0 saturated carbocycles. The highest BCUT2D eigenvalue weighted by Gasteiger charge is 2.10. The molecule has 1 atom stereocenters. The Hall–Kier alpha value is -1.81. The van der Waals surface area contributed by atoms with Crippen molar-refractivity contribution in [3.8, 4) is 0 Å². The number of hydrogen-bond acceptors (Lipinski definition) is 2. The molecule has 20 heavy (non-hydrogen) atoms. The molecule has 0 saturated heterocycles. The smallest absolute Gasteiger partial charge is 0.317 e. The Morgan fingerprint density at radius 2 is 1.90 bits per heavy atom. The van der Waals surface area contributed by atoms with E-state index in [0.29, 0.717) is 6.54 Å². The number of nitrogens with zero attached hydrogens (tertiary/aromatic N) is 2. The molecule has 1 unspecified atom stereocenters. The maximum absolute atomic E-state index is 11.9. The van der Waals surface area contributed by atoms with Crippen molar-refractivity contribution in [2.24, 2.45) is 0 Å². The second-order valence-corrected chi connectivity index (χ2v) is 5.31. The Labute approximate surface area is 122 Å². The zero-order chi connectivity index (χ0) is 15.0. The van der Waals surface area contributed by atoms with Gasteiger partial charge in [0.05, 0.1) is 0 Å². The minimum absolute atomic E-state index is 0.0444. The first-order valence-electron chi connectivity index (χ1n) is 6.87. The van der Waals surface area contributed by atoms with Crippen molar-refractivity contribution in [1.82, 2.24) is 15.1 Å². The van der Waals surface area contributed by atoms with E-state index >= 15 is 0 Å². The van der Waals surface area contributed by atoms with E-state index in [2.05, 4.69) is 10.2 Å². The number of urea groups is 1. The minimum atomic E-state index is -0.0444. The number of rotatable bonds is 6. The molecule has 0 aliphatic heterocycles. The van der Waals surface area contributed by atoms with Crippen molar-refractivity contribution < 1.29 is 4.79 Å². The summed E-state index contributed by atoms with van der Waals surface area (Å²) in [4.78, 5) is 15.7. The minimum Gasteiger partial charge on any atom is -0.334 e. The largest absolute Gasteiger partial charge is 0.334 e. The van der Waals surface area contributed by atoms with Crippen LogP contribution < -0.4 is 5.32 Å². The van der Waals surface area contributed by atoms with Crippen molar-refractivity contribution in [3.63, 3.8) is 0 Å². The number of amides is 2. The summed E-state index contributed by atoms with van der Waals surface area (Å²) in [5.41, 5.74) is 1.14. The molecule has 0 aromatic heterocycles. The van der Waals surface area contributed by atoms with Crippen molar-refractivity contribution >= 4 is 12.1 Å². The van der Waals surface area contributed by atoms with Crippen molar-refractivity contribution in [1.29, 1.82) is 0 Å². The lowest BCUT2D eigenvalue weighted by molar-refractivity contribution is 0.206. The molecular formula is C16H25N3O. The van der Waals surface area contributed by atoms with Gasteiger partial charge in [0.2, 0.25) is 0 Å². The molecule has 2 amide bonds. The van der Waals surface area contributed by atoms with Crippen LogP contribution in [0.2, 0.25) is 0 Å². The van der Waals surface area contributed by atoms with Crippen LogP contribution in [0.15, 0.2) is 36.4 Å². The highest BCUT2D eigenvalue weighted by atomic mass is 16.2. The third-order valence-electron chi connectivity index (χ3n) is 2.84. The molecule has 4 heteroatoms. The third-order valence-corrected chi connectivity index (χ3v) is 2.84. The second-order valence-electron chi connectivity index (χ2n) is 5.31. The third kappa shape index (κ3) is 6.38. The van der Waals surface area contributed by atoms with Gasteiger partial charge in [0.25, 0.3) is 0 Å². The Kier molecular flexibility index (Phi) is 6.81. The van der Waals surface area contributed by atoms with Crippen molar-refractivity contribution in [2.45, 2.75) is 13.0 Å². The molecule has 0 aliphatic rings. The predicted molar refractivity (Wildman–Crippen MR) is 84.7 cm³/mol. The van der Waals surface area contributed by atoms with E-state index in [1.807, 2.05) is 63.5 Å². The van der Waals surface area contributed by atoms with Crippen LogP contribution in [0.4, 0.5) is 4.79 Å². The molecule has 1 aromatic rings. The van der Waals surface area contributed by atoms with E-state index < -0.39 is 0 Å². The number of likely N-dealkylation sites (N-methyl/N-ethyl adjacent to an activating group) is 2. The Morgan fingerprint density at radius 1 is 1.25 bits per heavy atom. The predicted octanol–water partition coefficient (Wildman–Crippen LogP) is 2.29. The summed E-state index contributed by atoms with van der Waals surface area (Å²) in [5, 5.41) is 2.97. The van der Waals surface area contributed by atoms with Crippen LogP contribution in [0.3, 0.4) is 0 Å². The molecule has 0 bridgehead atoms. The Balaban J connectivity index is 2.36. The van der Waals surface area contributed by atoms with E-state index in [0.717, 1.165) is 12.1 Å². The van der Waals surface area contributed by atoms with E-state index in [1.165, 1.54) is 0 Å². The van der Waals surface area contributed by atoms with Gasteiger partial charge in [-0.2, -0.15) is 0 Å². The highest BCUT2D eigenvalue weighted by molar-refractivity contribution is 5.74. The van der Waals surface area contributed by atoms with Crippen molar-refractivity contribution in [2.75, 3.05) is 34.2 Å². The second kappa shape index (κ2) is 8.38. The standard InChI is InChI=1S/C16H25N3O/c1-14(13-18(2)3)17-16(20)19(4)12-8-11-15-9-6-5-7-10-15/h5-11,14H,12-13H2,1-4H3,(H,17,20). The lowest BCUT2D eigenvalue weighted by Crippen LogP contribution is -2.45. The summed E-state index contributed by atoms with van der Waals surface area (Å²) in [5.74, 6) is 0. The fourth-order valence-corrected chi connectivity index (χ4v) is 1.91. The molecule has 0 aliphatic carbocycles. The van der Waals surface area contributed by atoms with E-state index in [9.17, 15) is 4.79 Å². The van der Waals surface area contributed by atoms with Gasteiger partial charge in [-0.15, -0.1) is 0 Å². The SMILES string of the molecule is CC(CN(C)C)NC(=O)N(C)CC=Cc1ccccc1. The Bertz CT molecular complexity index is 429. The number of carbonyl (C=O) groups excluding carboxylic acids is 1. The first kappa shape index (κ1) is 16.2. The summed E-state index contributed by atoms with van der Waals surface area (Å²) in [6.07, 6.45) is 4.01. The molecule has 1 aromatic carbocycles. The van der Waals surface area contributed by atoms with Gasteiger partial charge < -0.3 is 15.1 Å². The number of nitrogens with one attached hydrogen (secondary N) is 1. The lowest BCUT2D eigenvalue weighted by atomic mass is 10.2. The molecule has 0 fully saturated rings. The van der Waals surface area contributed by atoms with Crippen LogP contribution in [-0.2, 0) is 0 Å². The van der Waals surface area contributed by atoms with Gasteiger partial charge in [-0.1, -0.05) is 42.5 Å². The molecule has 1 N–H and O–H groups in total. The molecule has 4 nitrogen and oxygen atoms in total. The zero-order valence-electron chi connectivity index (χ0n) is 12.8. The maximum atomic E-state index is 11.9. The van der Waals surface area contributed by atoms with Gasteiger partial charge in [0.1, 0.15) is 0 Å². The quantitative estimate of drug-likeness (QED) is 0.864. The monoisotopic (exact) mass is 275 g/mol. The van der Waals surface area contributed by atoms with Crippen LogP contribution >= 0.6 is 0 Å². The van der Waals surface area contributed by atoms with Crippen LogP contribution in [0.5, 0.6) is 0 Å². The molecule has 0 heterocycles. The van der Waals surface area contributed by atoms with Crippen LogP contribution in [0, 0.1) is 0 Å². The van der Waals surface area contributed by atoms with Gasteiger partial charge in [-0.25, -0.2) is 4.79 Å². The van der Waals surface area contributed by atoms with Crippen molar-refractivity contribution in [3.05, 3.63) is 42.0 Å². The van der Waals surface area contributed by atoms with Gasteiger partial charge >= 0.3 is 6.03 Å². The first-order valence-corrected chi connectivity index (χ1v) is 6.87. The summed E-state index contributed by atoms with van der Waals surface area (Å²) in [7, 11) is 5.79. The van der Waals surface area contributed by atoms with Crippen LogP contribution in [0.1, 0.15) is 12.5 Å². The van der Waals surface area contributed by atoms with Gasteiger partial charge in [-0.05, 0) is 26.6 Å². The van der Waals surface area contributed by atoms with E-state index in [1.54, 1.807) is 11.9 Å². The average molecular weight is 275 g/mol. The molecular weight excluding hydrogens is 250 g/mol. The van der Waals surface area contributed by atoms with Gasteiger partial charge in [0, 0.05) is 26.2 Å². The average Bonchev–Trinajstić information content (AvgIpc) is 2.38. The number of hydrogen-bond donors (Lipinski definition) is 1. The molecule has 0 spiro atoms. The van der Waals surface area contributed by atoms with Crippen LogP contribution in [-0.4, -0.2) is 56.1 Å². The normalized spacial score (nSPS) is 12.7. The number of benzene rings is 1. The Morgan fingerprint density at radius 3 is 2.50 bits per heavy atom. The summed E-state index contributed by atoms with van der Waals surface area (Å²) in [6, 6.07) is 10.2. The molecule has 110 valence electrons. The summed E-state index contributed by atoms with van der Waals surface area (Å²) in [6.45, 7) is 3.43. The highest BCUT2D eigenvalue weighted by Crippen LogP contribution is 2.01.